The number of hydrogen-bond donors (Lipinski definition) is 0. The lowest BCUT2D eigenvalue weighted by molar-refractivity contribution is 1.01. The van der Waals surface area contributed by atoms with E-state index >= 15 is 0 Å². The summed E-state index contributed by atoms with van der Waals surface area (Å²) in [7, 11) is 0. The summed E-state index contributed by atoms with van der Waals surface area (Å²) in [6.07, 6.45) is 1.93. The molecule has 1 heterocycles. The summed E-state index contributed by atoms with van der Waals surface area (Å²) in [4.78, 5) is 8.61. The zero-order valence-corrected chi connectivity index (χ0v) is 11.4. The normalized spacial score (nSPS) is 10.9. The van der Waals surface area contributed by atoms with Crippen molar-refractivity contribution >= 4 is 50.2 Å². The Morgan fingerprint density at radius 1 is 1.33 bits per heavy atom. The highest BCUT2D eigenvalue weighted by Crippen LogP contribution is 2.29. The molecule has 0 unspecified atom stereocenters. The van der Waals surface area contributed by atoms with Crippen LogP contribution < -0.4 is 0 Å². The maximum Gasteiger partial charge on any atom is 0.189 e. The molecule has 0 saturated heterocycles. The van der Waals surface area contributed by atoms with Gasteiger partial charge in [-0.2, -0.15) is 0 Å². The SMILES string of the molecule is CSc1nc(Cl)c2cc(C)cc(Br)c2n1. The van der Waals surface area contributed by atoms with Gasteiger partial charge in [-0.05, 0) is 46.8 Å². The quantitative estimate of drug-likeness (QED) is 0.451. The highest BCUT2D eigenvalue weighted by molar-refractivity contribution is 9.10. The van der Waals surface area contributed by atoms with Gasteiger partial charge in [0.05, 0.1) is 5.52 Å². The molecule has 0 aliphatic heterocycles. The Morgan fingerprint density at radius 3 is 2.73 bits per heavy atom. The van der Waals surface area contributed by atoms with E-state index in [4.69, 9.17) is 11.6 Å². The molecule has 0 N–H and O–H groups in total. The molecule has 0 saturated carbocycles. The minimum atomic E-state index is 0.508. The summed E-state index contributed by atoms with van der Waals surface area (Å²) < 4.78 is 0.956. The number of thioether (sulfide) groups is 1. The maximum absolute atomic E-state index is 6.10. The van der Waals surface area contributed by atoms with E-state index in [0.717, 1.165) is 20.9 Å². The van der Waals surface area contributed by atoms with Crippen molar-refractivity contribution in [3.8, 4) is 0 Å². The van der Waals surface area contributed by atoms with Crippen molar-refractivity contribution in [2.45, 2.75) is 12.1 Å². The smallest absolute Gasteiger partial charge is 0.189 e. The largest absolute Gasteiger partial charge is 0.221 e. The summed E-state index contributed by atoms with van der Waals surface area (Å²) in [5, 5.41) is 2.09. The van der Waals surface area contributed by atoms with E-state index in [9.17, 15) is 0 Å². The van der Waals surface area contributed by atoms with Crippen LogP contribution in [0.25, 0.3) is 10.9 Å². The highest BCUT2D eigenvalue weighted by Gasteiger charge is 2.08. The molecule has 2 rings (SSSR count). The van der Waals surface area contributed by atoms with Gasteiger partial charge in [0, 0.05) is 9.86 Å². The molecular weight excluding hydrogens is 296 g/mol. The average Bonchev–Trinajstić information content (AvgIpc) is 2.19. The Morgan fingerprint density at radius 2 is 2.07 bits per heavy atom. The first-order valence-electron chi connectivity index (χ1n) is 4.29. The summed E-state index contributed by atoms with van der Waals surface area (Å²) in [5.74, 6) is 0. The minimum Gasteiger partial charge on any atom is -0.221 e. The lowest BCUT2D eigenvalue weighted by Crippen LogP contribution is -1.91. The van der Waals surface area contributed by atoms with Crippen LogP contribution in [0, 0.1) is 6.92 Å². The standard InChI is InChI=1S/C10H8BrClN2S/c1-5-3-6-8(7(11)4-5)13-10(15-2)14-9(6)12/h3-4H,1-2H3. The number of benzene rings is 1. The molecule has 5 heteroatoms. The second-order valence-electron chi connectivity index (χ2n) is 3.14. The maximum atomic E-state index is 6.10. The van der Waals surface area contributed by atoms with Crippen molar-refractivity contribution in [2.24, 2.45) is 0 Å². The van der Waals surface area contributed by atoms with Crippen LogP contribution >= 0.6 is 39.3 Å². The summed E-state index contributed by atoms with van der Waals surface area (Å²) in [5.41, 5.74) is 2.00. The number of rotatable bonds is 1. The van der Waals surface area contributed by atoms with Crippen LogP contribution in [0.1, 0.15) is 5.56 Å². The van der Waals surface area contributed by atoms with Gasteiger partial charge in [-0.3, -0.25) is 0 Å². The van der Waals surface area contributed by atoms with Gasteiger partial charge in [-0.15, -0.1) is 0 Å². The molecule has 2 aromatic rings. The molecule has 0 radical (unpaired) electrons. The predicted molar refractivity (Wildman–Crippen MR) is 68.8 cm³/mol. The highest BCUT2D eigenvalue weighted by atomic mass is 79.9. The van der Waals surface area contributed by atoms with E-state index < -0.39 is 0 Å². The molecular formula is C10H8BrClN2S. The van der Waals surface area contributed by atoms with Crippen molar-refractivity contribution in [3.05, 3.63) is 27.3 Å². The van der Waals surface area contributed by atoms with Gasteiger partial charge in [0.15, 0.2) is 5.16 Å². The van der Waals surface area contributed by atoms with E-state index in [1.54, 1.807) is 0 Å². The Kier molecular flexibility index (Phi) is 3.19. The van der Waals surface area contributed by atoms with E-state index in [1.165, 1.54) is 11.8 Å². The van der Waals surface area contributed by atoms with E-state index in [-0.39, 0.29) is 0 Å². The van der Waals surface area contributed by atoms with Crippen LogP contribution in [0.4, 0.5) is 0 Å². The predicted octanol–water partition coefficient (Wildman–Crippen LogP) is 4.08. The lowest BCUT2D eigenvalue weighted by Gasteiger charge is -2.05. The summed E-state index contributed by atoms with van der Waals surface area (Å²) in [6.45, 7) is 2.02. The van der Waals surface area contributed by atoms with Gasteiger partial charge in [-0.25, -0.2) is 9.97 Å². The molecule has 0 amide bonds. The van der Waals surface area contributed by atoms with Crippen LogP contribution in [-0.2, 0) is 0 Å². The van der Waals surface area contributed by atoms with Crippen molar-refractivity contribution < 1.29 is 0 Å². The number of aromatic nitrogens is 2. The number of nitrogens with zero attached hydrogens (tertiary/aromatic N) is 2. The van der Waals surface area contributed by atoms with Gasteiger partial charge in [0.1, 0.15) is 5.15 Å². The zero-order chi connectivity index (χ0) is 11.0. The molecule has 2 nitrogen and oxygen atoms in total. The fraction of sp³-hybridized carbons (Fsp3) is 0.200. The number of hydrogen-bond acceptors (Lipinski definition) is 3. The number of aryl methyl sites for hydroxylation is 1. The Balaban J connectivity index is 2.85. The Labute approximate surface area is 106 Å². The average molecular weight is 304 g/mol. The molecule has 0 bridgehead atoms. The van der Waals surface area contributed by atoms with Gasteiger partial charge in [-0.1, -0.05) is 23.4 Å². The van der Waals surface area contributed by atoms with E-state index in [1.807, 2.05) is 25.3 Å². The monoisotopic (exact) mass is 302 g/mol. The van der Waals surface area contributed by atoms with Crippen LogP contribution in [-0.4, -0.2) is 16.2 Å². The molecule has 1 aromatic carbocycles. The van der Waals surface area contributed by atoms with Crippen molar-refractivity contribution in [1.29, 1.82) is 0 Å². The second-order valence-corrected chi connectivity index (χ2v) is 5.13. The topological polar surface area (TPSA) is 25.8 Å². The van der Waals surface area contributed by atoms with Crippen LogP contribution in [0.3, 0.4) is 0 Å². The lowest BCUT2D eigenvalue weighted by atomic mass is 10.2. The number of fused-ring (bicyclic) bond motifs is 1. The van der Waals surface area contributed by atoms with Crippen LogP contribution in [0.15, 0.2) is 21.8 Å². The van der Waals surface area contributed by atoms with Crippen molar-refractivity contribution in [2.75, 3.05) is 6.26 Å². The van der Waals surface area contributed by atoms with E-state index in [0.29, 0.717) is 10.3 Å². The fourth-order valence-electron chi connectivity index (χ4n) is 1.36. The minimum absolute atomic E-state index is 0.508. The fourth-order valence-corrected chi connectivity index (χ4v) is 2.66. The van der Waals surface area contributed by atoms with Crippen LogP contribution in [0.5, 0.6) is 0 Å². The van der Waals surface area contributed by atoms with Crippen LogP contribution in [0.2, 0.25) is 5.15 Å². The third-order valence-corrected chi connectivity index (χ3v) is 3.45. The molecule has 78 valence electrons. The van der Waals surface area contributed by atoms with Gasteiger partial charge in [0.2, 0.25) is 0 Å². The third-order valence-electron chi connectivity index (χ3n) is 2.01. The molecule has 0 aliphatic rings. The van der Waals surface area contributed by atoms with E-state index in [2.05, 4.69) is 25.9 Å². The summed E-state index contributed by atoms with van der Waals surface area (Å²) in [6, 6.07) is 4.02. The van der Waals surface area contributed by atoms with Gasteiger partial charge in [0.25, 0.3) is 0 Å². The molecule has 0 fully saturated rings. The molecule has 15 heavy (non-hydrogen) atoms. The first-order valence-corrected chi connectivity index (χ1v) is 6.69. The molecule has 0 atom stereocenters. The van der Waals surface area contributed by atoms with Gasteiger partial charge < -0.3 is 0 Å². The first kappa shape index (κ1) is 11.2. The van der Waals surface area contributed by atoms with Crippen molar-refractivity contribution in [3.63, 3.8) is 0 Å². The van der Waals surface area contributed by atoms with Crippen molar-refractivity contribution in [1.82, 2.24) is 9.97 Å². The second kappa shape index (κ2) is 4.28. The molecule has 0 aliphatic carbocycles. The van der Waals surface area contributed by atoms with Gasteiger partial charge >= 0.3 is 0 Å². The summed E-state index contributed by atoms with van der Waals surface area (Å²) >= 11 is 11.1. The Bertz CT molecular complexity index is 530. The first-order chi connectivity index (χ1) is 7.11. The molecule has 1 aromatic heterocycles. The Hall–Kier alpha value is -0.320. The molecule has 0 spiro atoms. The zero-order valence-electron chi connectivity index (χ0n) is 8.21. The third kappa shape index (κ3) is 2.12. The number of halogens is 2.